The van der Waals surface area contributed by atoms with Gasteiger partial charge in [-0.2, -0.15) is 0 Å². The molecule has 4 nitrogen and oxygen atoms in total. The Labute approximate surface area is 133 Å². The standard InChI is InChI=1S/C15H9ClF3NO3/c16-10-7-13(22)14(20-8-10)12(21)6-3-9-1-4-11(5-2-9)23-15(17,18)19/h1-8,22H/b6-3+. The fourth-order valence-corrected chi connectivity index (χ4v) is 1.80. The van der Waals surface area contributed by atoms with Gasteiger partial charge in [-0.1, -0.05) is 29.8 Å². The number of carbonyl (C=O) groups is 1. The number of hydrogen-bond acceptors (Lipinski definition) is 4. The molecular formula is C15H9ClF3NO3. The van der Waals surface area contributed by atoms with E-state index < -0.39 is 12.1 Å². The van der Waals surface area contributed by atoms with Crippen LogP contribution in [0.3, 0.4) is 0 Å². The predicted octanol–water partition coefficient (Wildman–Crippen LogP) is 4.24. The lowest BCUT2D eigenvalue weighted by molar-refractivity contribution is -0.274. The summed E-state index contributed by atoms with van der Waals surface area (Å²) in [5, 5.41) is 9.76. The highest BCUT2D eigenvalue weighted by Gasteiger charge is 2.30. The Morgan fingerprint density at radius 2 is 1.91 bits per heavy atom. The van der Waals surface area contributed by atoms with Crippen molar-refractivity contribution in [1.82, 2.24) is 4.98 Å². The lowest BCUT2D eigenvalue weighted by Crippen LogP contribution is -2.16. The first-order chi connectivity index (χ1) is 10.7. The molecule has 8 heteroatoms. The molecule has 120 valence electrons. The number of ether oxygens (including phenoxy) is 1. The van der Waals surface area contributed by atoms with Gasteiger partial charge in [0.1, 0.15) is 11.5 Å². The molecule has 0 bridgehead atoms. The molecule has 1 heterocycles. The van der Waals surface area contributed by atoms with E-state index in [-0.39, 0.29) is 22.2 Å². The summed E-state index contributed by atoms with van der Waals surface area (Å²) in [4.78, 5) is 15.6. The van der Waals surface area contributed by atoms with E-state index in [9.17, 15) is 23.1 Å². The lowest BCUT2D eigenvalue weighted by Gasteiger charge is -2.08. The highest BCUT2D eigenvalue weighted by Crippen LogP contribution is 2.23. The van der Waals surface area contributed by atoms with Crippen LogP contribution in [0, 0.1) is 0 Å². The van der Waals surface area contributed by atoms with E-state index in [1.807, 2.05) is 0 Å². The van der Waals surface area contributed by atoms with Gasteiger partial charge in [0, 0.05) is 12.3 Å². The monoisotopic (exact) mass is 343 g/mol. The predicted molar refractivity (Wildman–Crippen MR) is 77.4 cm³/mol. The maximum absolute atomic E-state index is 12.0. The molecule has 0 saturated heterocycles. The Bertz CT molecular complexity index is 743. The molecule has 1 aromatic heterocycles. The van der Waals surface area contributed by atoms with Gasteiger partial charge in [-0.3, -0.25) is 4.79 Å². The number of halogens is 4. The average molecular weight is 344 g/mol. The number of allylic oxidation sites excluding steroid dienone is 1. The van der Waals surface area contributed by atoms with Crippen molar-refractivity contribution in [3.63, 3.8) is 0 Å². The van der Waals surface area contributed by atoms with Crippen LogP contribution in [0.15, 0.2) is 42.6 Å². The topological polar surface area (TPSA) is 59.4 Å². The van der Waals surface area contributed by atoms with Crippen LogP contribution in [0.25, 0.3) is 6.08 Å². The van der Waals surface area contributed by atoms with Crippen molar-refractivity contribution in [2.24, 2.45) is 0 Å². The van der Waals surface area contributed by atoms with E-state index >= 15 is 0 Å². The van der Waals surface area contributed by atoms with Crippen molar-refractivity contribution in [3.05, 3.63) is 58.9 Å². The molecule has 2 aromatic rings. The van der Waals surface area contributed by atoms with E-state index in [0.717, 1.165) is 18.2 Å². The van der Waals surface area contributed by atoms with Crippen molar-refractivity contribution >= 4 is 23.5 Å². The Kier molecular flexibility index (Phi) is 4.90. The Balaban J connectivity index is 2.09. The SMILES string of the molecule is O=C(/C=C/c1ccc(OC(F)(F)F)cc1)c1ncc(Cl)cc1O. The van der Waals surface area contributed by atoms with E-state index in [1.165, 1.54) is 30.5 Å². The molecule has 0 unspecified atom stereocenters. The molecule has 23 heavy (non-hydrogen) atoms. The fraction of sp³-hybridized carbons (Fsp3) is 0.0667. The third-order valence-electron chi connectivity index (χ3n) is 2.61. The number of benzene rings is 1. The van der Waals surface area contributed by atoms with Gasteiger partial charge in [0.25, 0.3) is 0 Å². The molecule has 0 fully saturated rings. The summed E-state index contributed by atoms with van der Waals surface area (Å²) >= 11 is 5.61. The number of rotatable bonds is 4. The lowest BCUT2D eigenvalue weighted by atomic mass is 10.1. The van der Waals surface area contributed by atoms with E-state index in [4.69, 9.17) is 11.6 Å². The summed E-state index contributed by atoms with van der Waals surface area (Å²) in [6, 6.07) is 6.12. The molecule has 1 aromatic carbocycles. The zero-order valence-corrected chi connectivity index (χ0v) is 12.1. The van der Waals surface area contributed by atoms with E-state index in [2.05, 4.69) is 9.72 Å². The van der Waals surface area contributed by atoms with Crippen LogP contribution in [-0.2, 0) is 0 Å². The average Bonchev–Trinajstić information content (AvgIpc) is 2.44. The number of ketones is 1. The maximum Gasteiger partial charge on any atom is 0.573 e. The van der Waals surface area contributed by atoms with Crippen LogP contribution in [0.2, 0.25) is 5.02 Å². The van der Waals surface area contributed by atoms with Gasteiger partial charge in [0.2, 0.25) is 5.78 Å². The third-order valence-corrected chi connectivity index (χ3v) is 2.82. The van der Waals surface area contributed by atoms with Gasteiger partial charge < -0.3 is 9.84 Å². The summed E-state index contributed by atoms with van der Waals surface area (Å²) < 4.78 is 39.8. The normalized spacial score (nSPS) is 11.7. The molecular weight excluding hydrogens is 335 g/mol. The molecule has 0 aliphatic rings. The number of alkyl halides is 3. The van der Waals surface area contributed by atoms with Gasteiger partial charge in [0.15, 0.2) is 5.69 Å². The number of hydrogen-bond donors (Lipinski definition) is 1. The Morgan fingerprint density at radius 3 is 2.48 bits per heavy atom. The number of aromatic nitrogens is 1. The van der Waals surface area contributed by atoms with Gasteiger partial charge >= 0.3 is 6.36 Å². The number of nitrogens with zero attached hydrogens (tertiary/aromatic N) is 1. The van der Waals surface area contributed by atoms with Gasteiger partial charge in [-0.25, -0.2) is 4.98 Å². The van der Waals surface area contributed by atoms with Crippen LogP contribution in [0.5, 0.6) is 11.5 Å². The fourth-order valence-electron chi connectivity index (χ4n) is 1.65. The minimum atomic E-state index is -4.76. The second kappa shape index (κ2) is 6.70. The van der Waals surface area contributed by atoms with E-state index in [1.54, 1.807) is 0 Å². The smallest absolute Gasteiger partial charge is 0.505 e. The zero-order chi connectivity index (χ0) is 17.0. The highest BCUT2D eigenvalue weighted by atomic mass is 35.5. The van der Waals surface area contributed by atoms with Crippen molar-refractivity contribution in [2.75, 3.05) is 0 Å². The molecule has 2 rings (SSSR count). The van der Waals surface area contributed by atoms with Crippen molar-refractivity contribution < 1.29 is 27.8 Å². The molecule has 0 atom stereocenters. The maximum atomic E-state index is 12.0. The minimum Gasteiger partial charge on any atom is -0.505 e. The van der Waals surface area contributed by atoms with Crippen molar-refractivity contribution in [2.45, 2.75) is 6.36 Å². The van der Waals surface area contributed by atoms with Crippen LogP contribution in [0.1, 0.15) is 16.1 Å². The second-order valence-electron chi connectivity index (χ2n) is 4.34. The van der Waals surface area contributed by atoms with E-state index in [0.29, 0.717) is 5.56 Å². The summed E-state index contributed by atoms with van der Waals surface area (Å²) in [6.07, 6.45) is -1.04. The number of pyridine rings is 1. The van der Waals surface area contributed by atoms with Gasteiger partial charge in [0.05, 0.1) is 5.02 Å². The summed E-state index contributed by atoms with van der Waals surface area (Å²) in [7, 11) is 0. The van der Waals surface area contributed by atoms with Crippen LogP contribution in [-0.4, -0.2) is 22.2 Å². The molecule has 0 aliphatic carbocycles. The van der Waals surface area contributed by atoms with Crippen LogP contribution >= 0.6 is 11.6 Å². The molecule has 0 saturated carbocycles. The largest absolute Gasteiger partial charge is 0.573 e. The Morgan fingerprint density at radius 1 is 1.26 bits per heavy atom. The third kappa shape index (κ3) is 5.00. The molecule has 0 amide bonds. The second-order valence-corrected chi connectivity index (χ2v) is 4.77. The molecule has 0 radical (unpaired) electrons. The number of carbonyl (C=O) groups excluding carboxylic acids is 1. The molecule has 1 N–H and O–H groups in total. The molecule has 0 aliphatic heterocycles. The zero-order valence-electron chi connectivity index (χ0n) is 11.3. The first-order valence-corrected chi connectivity index (χ1v) is 6.55. The Hall–Kier alpha value is -2.54. The van der Waals surface area contributed by atoms with Crippen molar-refractivity contribution in [1.29, 1.82) is 0 Å². The summed E-state index contributed by atoms with van der Waals surface area (Å²) in [5.41, 5.74) is 0.295. The first kappa shape index (κ1) is 16.8. The minimum absolute atomic E-state index is 0.178. The van der Waals surface area contributed by atoms with Gasteiger partial charge in [-0.15, -0.1) is 13.2 Å². The number of aromatic hydroxyl groups is 1. The summed E-state index contributed by atoms with van der Waals surface area (Å²) in [6.45, 7) is 0. The first-order valence-electron chi connectivity index (χ1n) is 6.17. The molecule has 0 spiro atoms. The summed E-state index contributed by atoms with van der Waals surface area (Å²) in [5.74, 6) is -1.30. The van der Waals surface area contributed by atoms with Crippen LogP contribution < -0.4 is 4.74 Å². The van der Waals surface area contributed by atoms with Crippen molar-refractivity contribution in [3.8, 4) is 11.5 Å². The van der Waals surface area contributed by atoms with Crippen LogP contribution in [0.4, 0.5) is 13.2 Å². The highest BCUT2D eigenvalue weighted by molar-refractivity contribution is 6.30. The quantitative estimate of drug-likeness (QED) is 0.666. The van der Waals surface area contributed by atoms with Gasteiger partial charge in [-0.05, 0) is 23.8 Å².